The predicted molar refractivity (Wildman–Crippen MR) is 127 cm³/mol. The summed E-state index contributed by atoms with van der Waals surface area (Å²) in [6.45, 7) is 4.16. The van der Waals surface area contributed by atoms with Crippen LogP contribution in [0.25, 0.3) is 0 Å². The largest absolute Gasteiger partial charge is 0.415 e. The van der Waals surface area contributed by atoms with Crippen molar-refractivity contribution in [3.05, 3.63) is 0 Å². The first-order valence-electron chi connectivity index (χ1n) is 13.6. The second-order valence-corrected chi connectivity index (χ2v) is 13.2. The van der Waals surface area contributed by atoms with Crippen LogP contribution in [0.5, 0.6) is 0 Å². The minimum absolute atomic E-state index is 0.0524. The SMILES string of the molecule is CC1(N2CCCCC2)N(S(=O)(=O)N2CCNCC2)CC(C(F)(F)F)OC1(C1CCCCC1)C1CC1. The summed E-state index contributed by atoms with van der Waals surface area (Å²) in [7, 11) is -4.15. The highest BCUT2D eigenvalue weighted by Crippen LogP contribution is 2.61. The number of piperidine rings is 1. The molecule has 3 atom stereocenters. The molecule has 0 bridgehead atoms. The van der Waals surface area contributed by atoms with E-state index in [0.717, 1.165) is 64.2 Å². The summed E-state index contributed by atoms with van der Waals surface area (Å²) in [6.07, 6.45) is 2.34. The Morgan fingerprint density at radius 3 is 2.00 bits per heavy atom. The van der Waals surface area contributed by atoms with Gasteiger partial charge in [-0.3, -0.25) is 4.90 Å². The molecule has 35 heavy (non-hydrogen) atoms. The standard InChI is InChI=1S/C24H41F3N4O3S/c1-22(29-14-6-3-7-15-29)23(20-10-11-20,19-8-4-2-5-9-19)34-21(24(25,26)27)18-31(22)35(32,33)30-16-12-28-13-17-30/h19-21,28H,2-18H2,1H3. The van der Waals surface area contributed by atoms with E-state index >= 15 is 0 Å². The Kier molecular flexibility index (Phi) is 7.24. The molecule has 5 fully saturated rings. The number of rotatable bonds is 5. The summed E-state index contributed by atoms with van der Waals surface area (Å²) < 4.78 is 80.9. The molecule has 2 aliphatic carbocycles. The van der Waals surface area contributed by atoms with Gasteiger partial charge in [-0.2, -0.15) is 30.2 Å². The van der Waals surface area contributed by atoms with Gasteiger partial charge in [-0.05, 0) is 57.3 Å². The lowest BCUT2D eigenvalue weighted by Crippen LogP contribution is -2.82. The van der Waals surface area contributed by atoms with Gasteiger partial charge in [-0.25, -0.2) is 0 Å². The number of alkyl halides is 3. The molecule has 5 aliphatic rings. The fraction of sp³-hybridized carbons (Fsp3) is 1.00. The molecule has 5 rings (SSSR count). The maximum Gasteiger partial charge on any atom is 0.415 e. The molecule has 2 saturated carbocycles. The Hall–Kier alpha value is -0.460. The number of ether oxygens (including phenoxy) is 1. The molecule has 0 radical (unpaired) electrons. The third kappa shape index (κ3) is 4.46. The van der Waals surface area contributed by atoms with Crippen molar-refractivity contribution in [3.63, 3.8) is 0 Å². The average molecular weight is 523 g/mol. The Morgan fingerprint density at radius 1 is 0.857 bits per heavy atom. The lowest BCUT2D eigenvalue weighted by molar-refractivity contribution is -0.342. The van der Waals surface area contributed by atoms with Crippen molar-refractivity contribution in [2.45, 2.75) is 94.7 Å². The zero-order valence-electron chi connectivity index (χ0n) is 20.9. The minimum Gasteiger partial charge on any atom is -0.357 e. The first kappa shape index (κ1) is 26.2. The van der Waals surface area contributed by atoms with Crippen molar-refractivity contribution in [3.8, 4) is 0 Å². The Morgan fingerprint density at radius 2 is 1.43 bits per heavy atom. The highest BCUT2D eigenvalue weighted by molar-refractivity contribution is 7.86. The van der Waals surface area contributed by atoms with E-state index in [0.29, 0.717) is 26.2 Å². The number of halogens is 3. The lowest BCUT2D eigenvalue weighted by Gasteiger charge is -2.65. The highest BCUT2D eigenvalue weighted by Gasteiger charge is 2.72. The average Bonchev–Trinajstić information content (AvgIpc) is 3.71. The highest BCUT2D eigenvalue weighted by atomic mass is 32.2. The van der Waals surface area contributed by atoms with Gasteiger partial charge in [0.05, 0.1) is 6.54 Å². The Balaban J connectivity index is 1.68. The van der Waals surface area contributed by atoms with Crippen LogP contribution in [0.4, 0.5) is 13.2 Å². The number of hydrogen-bond donors (Lipinski definition) is 1. The first-order valence-corrected chi connectivity index (χ1v) is 15.0. The molecule has 0 amide bonds. The van der Waals surface area contributed by atoms with Crippen LogP contribution in [0.3, 0.4) is 0 Å². The van der Waals surface area contributed by atoms with E-state index in [1.165, 1.54) is 8.61 Å². The van der Waals surface area contributed by atoms with Gasteiger partial charge >= 0.3 is 6.18 Å². The maximum absolute atomic E-state index is 14.4. The molecule has 11 heteroatoms. The lowest BCUT2D eigenvalue weighted by atomic mass is 9.66. The molecule has 7 nitrogen and oxygen atoms in total. The Labute approximate surface area is 207 Å². The second-order valence-electron chi connectivity index (χ2n) is 11.3. The molecule has 0 aromatic heterocycles. The topological polar surface area (TPSA) is 65.1 Å². The van der Waals surface area contributed by atoms with Crippen molar-refractivity contribution in [1.29, 1.82) is 0 Å². The van der Waals surface area contributed by atoms with Crippen LogP contribution < -0.4 is 5.32 Å². The van der Waals surface area contributed by atoms with Crippen molar-refractivity contribution in [2.24, 2.45) is 11.8 Å². The summed E-state index contributed by atoms with van der Waals surface area (Å²) in [5.41, 5.74) is -2.31. The number of likely N-dealkylation sites (tertiary alicyclic amines) is 1. The van der Waals surface area contributed by atoms with Gasteiger partial charge < -0.3 is 10.1 Å². The van der Waals surface area contributed by atoms with E-state index < -0.39 is 40.3 Å². The van der Waals surface area contributed by atoms with E-state index in [1.807, 2.05) is 6.92 Å². The number of nitrogens with zero attached hydrogens (tertiary/aromatic N) is 3. The van der Waals surface area contributed by atoms with Gasteiger partial charge in [0.15, 0.2) is 6.10 Å². The third-order valence-electron chi connectivity index (χ3n) is 9.31. The second kappa shape index (κ2) is 9.69. The molecule has 202 valence electrons. The van der Waals surface area contributed by atoms with Gasteiger partial charge in [0.2, 0.25) is 0 Å². The summed E-state index contributed by atoms with van der Waals surface area (Å²) in [5, 5.41) is 3.16. The van der Waals surface area contributed by atoms with Gasteiger partial charge in [0.25, 0.3) is 10.2 Å². The molecular weight excluding hydrogens is 481 g/mol. The molecule has 3 saturated heterocycles. The van der Waals surface area contributed by atoms with Crippen LogP contribution in [0.15, 0.2) is 0 Å². The van der Waals surface area contributed by atoms with Gasteiger partial charge in [0, 0.05) is 39.3 Å². The zero-order chi connectivity index (χ0) is 24.9. The molecule has 3 unspecified atom stereocenters. The molecule has 3 heterocycles. The molecular formula is C24H41F3N4O3S. The fourth-order valence-electron chi connectivity index (χ4n) is 7.49. The van der Waals surface area contributed by atoms with Crippen molar-refractivity contribution < 1.29 is 26.3 Å². The van der Waals surface area contributed by atoms with Crippen LogP contribution >= 0.6 is 0 Å². The van der Waals surface area contributed by atoms with Gasteiger partial charge in [-0.15, -0.1) is 0 Å². The summed E-state index contributed by atoms with van der Waals surface area (Å²) in [4.78, 5) is 2.19. The van der Waals surface area contributed by atoms with Crippen LogP contribution in [0.1, 0.15) is 71.1 Å². The molecule has 0 aromatic carbocycles. The summed E-state index contributed by atoms with van der Waals surface area (Å²) >= 11 is 0. The smallest absolute Gasteiger partial charge is 0.357 e. The minimum atomic E-state index is -4.63. The molecule has 1 N–H and O–H groups in total. The normalized spacial score (nSPS) is 38.0. The van der Waals surface area contributed by atoms with E-state index in [-0.39, 0.29) is 24.9 Å². The quantitative estimate of drug-likeness (QED) is 0.600. The number of piperazine rings is 1. The maximum atomic E-state index is 14.4. The summed E-state index contributed by atoms with van der Waals surface area (Å²) in [5.74, 6) is -0.134. The van der Waals surface area contributed by atoms with Crippen molar-refractivity contribution in [2.75, 3.05) is 45.8 Å². The molecule has 0 spiro atoms. The van der Waals surface area contributed by atoms with Crippen molar-refractivity contribution >= 4 is 10.2 Å². The van der Waals surface area contributed by atoms with Gasteiger partial charge in [-0.1, -0.05) is 25.7 Å². The van der Waals surface area contributed by atoms with Crippen LogP contribution in [0, 0.1) is 11.8 Å². The molecule has 0 aromatic rings. The number of morpholine rings is 1. The van der Waals surface area contributed by atoms with Crippen LogP contribution in [-0.4, -0.2) is 91.3 Å². The predicted octanol–water partition coefficient (Wildman–Crippen LogP) is 3.33. The number of hydrogen-bond acceptors (Lipinski definition) is 5. The van der Waals surface area contributed by atoms with Gasteiger partial charge in [0.1, 0.15) is 11.3 Å². The monoisotopic (exact) mass is 522 g/mol. The fourth-order valence-corrected chi connectivity index (χ4v) is 9.44. The van der Waals surface area contributed by atoms with Crippen LogP contribution in [0.2, 0.25) is 0 Å². The number of nitrogens with one attached hydrogen (secondary N) is 1. The van der Waals surface area contributed by atoms with E-state index in [2.05, 4.69) is 10.2 Å². The van der Waals surface area contributed by atoms with E-state index in [4.69, 9.17) is 4.74 Å². The Bertz CT molecular complexity index is 853. The third-order valence-corrected chi connectivity index (χ3v) is 11.4. The summed E-state index contributed by atoms with van der Waals surface area (Å²) in [6, 6.07) is 0. The van der Waals surface area contributed by atoms with E-state index in [9.17, 15) is 21.6 Å². The van der Waals surface area contributed by atoms with Crippen LogP contribution in [-0.2, 0) is 14.9 Å². The zero-order valence-corrected chi connectivity index (χ0v) is 21.7. The van der Waals surface area contributed by atoms with E-state index in [1.54, 1.807) is 0 Å². The first-order chi connectivity index (χ1) is 16.6. The van der Waals surface area contributed by atoms with Crippen molar-refractivity contribution in [1.82, 2.24) is 18.8 Å². The molecule has 3 aliphatic heterocycles.